The Hall–Kier alpha value is -3.49. The molecule has 0 aliphatic carbocycles. The Bertz CT molecular complexity index is 1220. The first-order chi connectivity index (χ1) is 12.5. The van der Waals surface area contributed by atoms with Crippen LogP contribution in [0.3, 0.4) is 0 Å². The fourth-order valence-electron chi connectivity index (χ4n) is 3.08. The summed E-state index contributed by atoms with van der Waals surface area (Å²) in [4.78, 5) is 28.8. The SMILES string of the molecule is COC(=O)c1cc2c3cnn(Cc4ccn(C)n4)c(=O)c3n(C)c2cn1. The van der Waals surface area contributed by atoms with Crippen molar-refractivity contribution in [3.05, 3.63) is 52.5 Å². The van der Waals surface area contributed by atoms with Gasteiger partial charge in [-0.1, -0.05) is 0 Å². The number of carbonyl (C=O) groups is 1. The number of aromatic nitrogens is 6. The number of pyridine rings is 1. The number of methoxy groups -OCH3 is 1. The van der Waals surface area contributed by atoms with Gasteiger partial charge in [-0.15, -0.1) is 0 Å². The number of nitrogens with zero attached hydrogens (tertiary/aromatic N) is 6. The van der Waals surface area contributed by atoms with Gasteiger partial charge in [0.05, 0.1) is 37.3 Å². The lowest BCUT2D eigenvalue weighted by atomic mass is 10.2. The zero-order chi connectivity index (χ0) is 18.4. The topological polar surface area (TPSA) is 96.8 Å². The van der Waals surface area contributed by atoms with Crippen molar-refractivity contribution >= 4 is 27.8 Å². The Balaban J connectivity index is 1.91. The second kappa shape index (κ2) is 5.80. The van der Waals surface area contributed by atoms with Crippen LogP contribution in [-0.4, -0.2) is 42.2 Å². The minimum Gasteiger partial charge on any atom is -0.464 e. The summed E-state index contributed by atoms with van der Waals surface area (Å²) in [6, 6.07) is 3.46. The normalized spacial score (nSPS) is 11.3. The Kier molecular flexibility index (Phi) is 3.57. The van der Waals surface area contributed by atoms with E-state index in [4.69, 9.17) is 4.74 Å². The number of esters is 1. The van der Waals surface area contributed by atoms with Crippen LogP contribution in [0.25, 0.3) is 21.8 Å². The molecule has 132 valence electrons. The lowest BCUT2D eigenvalue weighted by molar-refractivity contribution is 0.0594. The summed E-state index contributed by atoms with van der Waals surface area (Å²) >= 11 is 0. The highest BCUT2D eigenvalue weighted by Crippen LogP contribution is 2.25. The highest BCUT2D eigenvalue weighted by atomic mass is 16.5. The van der Waals surface area contributed by atoms with Gasteiger partial charge in [0.15, 0.2) is 0 Å². The van der Waals surface area contributed by atoms with E-state index in [9.17, 15) is 9.59 Å². The fourth-order valence-corrected chi connectivity index (χ4v) is 3.08. The smallest absolute Gasteiger partial charge is 0.356 e. The zero-order valence-electron chi connectivity index (χ0n) is 14.5. The minimum absolute atomic E-state index is 0.185. The monoisotopic (exact) mass is 352 g/mol. The van der Waals surface area contributed by atoms with Crippen molar-refractivity contribution < 1.29 is 9.53 Å². The molecule has 0 saturated carbocycles. The van der Waals surface area contributed by atoms with Crippen molar-refractivity contribution in [3.63, 3.8) is 0 Å². The summed E-state index contributed by atoms with van der Waals surface area (Å²) in [6.07, 6.45) is 5.00. The Morgan fingerprint density at radius 1 is 1.23 bits per heavy atom. The molecular weight excluding hydrogens is 336 g/mol. The second-order valence-corrected chi connectivity index (χ2v) is 5.99. The van der Waals surface area contributed by atoms with Gasteiger partial charge in [-0.3, -0.25) is 9.48 Å². The van der Waals surface area contributed by atoms with Crippen LogP contribution in [0.4, 0.5) is 0 Å². The lowest BCUT2D eigenvalue weighted by Gasteiger charge is -2.03. The molecule has 0 N–H and O–H groups in total. The lowest BCUT2D eigenvalue weighted by Crippen LogP contribution is -2.24. The molecule has 0 spiro atoms. The maximum Gasteiger partial charge on any atom is 0.356 e. The molecule has 4 aromatic rings. The van der Waals surface area contributed by atoms with Gasteiger partial charge in [-0.25, -0.2) is 14.5 Å². The number of aryl methyl sites for hydroxylation is 2. The van der Waals surface area contributed by atoms with E-state index in [0.29, 0.717) is 10.9 Å². The number of hydrogen-bond acceptors (Lipinski definition) is 6. The third kappa shape index (κ3) is 2.36. The van der Waals surface area contributed by atoms with Gasteiger partial charge in [-0.05, 0) is 12.1 Å². The average Bonchev–Trinajstić information content (AvgIpc) is 3.18. The van der Waals surface area contributed by atoms with Crippen molar-refractivity contribution in [2.24, 2.45) is 14.1 Å². The summed E-state index contributed by atoms with van der Waals surface area (Å²) < 4.78 is 9.53. The van der Waals surface area contributed by atoms with Crippen LogP contribution in [0.15, 0.2) is 35.5 Å². The molecule has 0 aliphatic rings. The number of rotatable bonds is 3. The molecule has 0 amide bonds. The van der Waals surface area contributed by atoms with Crippen LogP contribution in [0.5, 0.6) is 0 Å². The van der Waals surface area contributed by atoms with Crippen molar-refractivity contribution in [1.29, 1.82) is 0 Å². The van der Waals surface area contributed by atoms with Crippen LogP contribution >= 0.6 is 0 Å². The number of fused-ring (bicyclic) bond motifs is 3. The first kappa shape index (κ1) is 16.0. The van der Waals surface area contributed by atoms with E-state index in [1.165, 1.54) is 11.8 Å². The van der Waals surface area contributed by atoms with Crippen LogP contribution in [0.2, 0.25) is 0 Å². The standard InChI is InChI=1S/C17H16N6O3/c1-21-5-4-10(20-21)9-23-16(24)15-12(7-19-23)11-6-13(17(25)26-3)18-8-14(11)22(15)2/h4-8H,9H2,1-3H3. The minimum atomic E-state index is -0.527. The molecule has 0 bridgehead atoms. The highest BCUT2D eigenvalue weighted by molar-refractivity contribution is 6.08. The van der Waals surface area contributed by atoms with E-state index in [-0.39, 0.29) is 17.8 Å². The van der Waals surface area contributed by atoms with Crippen molar-refractivity contribution in [2.75, 3.05) is 7.11 Å². The van der Waals surface area contributed by atoms with E-state index >= 15 is 0 Å². The molecule has 26 heavy (non-hydrogen) atoms. The number of hydrogen-bond donors (Lipinski definition) is 0. The van der Waals surface area contributed by atoms with Crippen LogP contribution in [-0.2, 0) is 25.4 Å². The zero-order valence-corrected chi connectivity index (χ0v) is 14.5. The summed E-state index contributed by atoms with van der Waals surface area (Å²) in [5.74, 6) is -0.527. The Morgan fingerprint density at radius 3 is 2.73 bits per heavy atom. The summed E-state index contributed by atoms with van der Waals surface area (Å²) in [5, 5.41) is 9.95. The van der Waals surface area contributed by atoms with Gasteiger partial charge in [0, 0.05) is 31.1 Å². The second-order valence-electron chi connectivity index (χ2n) is 5.99. The molecule has 0 atom stereocenters. The van der Waals surface area contributed by atoms with Crippen molar-refractivity contribution in [1.82, 2.24) is 29.1 Å². The van der Waals surface area contributed by atoms with Crippen LogP contribution in [0.1, 0.15) is 16.2 Å². The Morgan fingerprint density at radius 2 is 2.04 bits per heavy atom. The molecule has 0 aliphatic heterocycles. The highest BCUT2D eigenvalue weighted by Gasteiger charge is 2.17. The summed E-state index contributed by atoms with van der Waals surface area (Å²) in [5.41, 5.74) is 1.93. The molecule has 0 saturated heterocycles. The number of carbonyl (C=O) groups excluding carboxylic acids is 1. The molecule has 4 rings (SSSR count). The molecule has 0 radical (unpaired) electrons. The molecule has 9 heteroatoms. The maximum absolute atomic E-state index is 12.9. The molecule has 0 unspecified atom stereocenters. The fraction of sp³-hybridized carbons (Fsp3) is 0.235. The largest absolute Gasteiger partial charge is 0.464 e. The van der Waals surface area contributed by atoms with E-state index in [0.717, 1.165) is 16.6 Å². The third-order valence-electron chi connectivity index (χ3n) is 4.36. The first-order valence-corrected chi connectivity index (χ1v) is 7.90. The molecular formula is C17H16N6O3. The van der Waals surface area contributed by atoms with Gasteiger partial charge < -0.3 is 9.30 Å². The van der Waals surface area contributed by atoms with Gasteiger partial charge in [0.25, 0.3) is 5.56 Å². The summed E-state index contributed by atoms with van der Waals surface area (Å²) in [6.45, 7) is 0.281. The first-order valence-electron chi connectivity index (χ1n) is 7.90. The van der Waals surface area contributed by atoms with Gasteiger partial charge in [-0.2, -0.15) is 10.2 Å². The predicted octanol–water partition coefficient (Wildman–Crippen LogP) is 0.852. The van der Waals surface area contributed by atoms with Crippen LogP contribution < -0.4 is 5.56 Å². The molecule has 9 nitrogen and oxygen atoms in total. The van der Waals surface area contributed by atoms with Gasteiger partial charge in [0.1, 0.15) is 11.2 Å². The number of ether oxygens (including phenoxy) is 1. The van der Waals surface area contributed by atoms with Crippen molar-refractivity contribution in [3.8, 4) is 0 Å². The van der Waals surface area contributed by atoms with Gasteiger partial charge >= 0.3 is 5.97 Å². The summed E-state index contributed by atoms with van der Waals surface area (Å²) in [7, 11) is 4.91. The molecule has 4 aromatic heterocycles. The molecule has 0 aromatic carbocycles. The molecule has 0 fully saturated rings. The Labute approximate surface area is 147 Å². The van der Waals surface area contributed by atoms with E-state index in [2.05, 4.69) is 15.2 Å². The van der Waals surface area contributed by atoms with Crippen LogP contribution in [0, 0.1) is 0 Å². The van der Waals surface area contributed by atoms with E-state index in [1.807, 2.05) is 19.3 Å². The average molecular weight is 352 g/mol. The van der Waals surface area contributed by atoms with Crippen molar-refractivity contribution in [2.45, 2.75) is 6.54 Å². The van der Waals surface area contributed by atoms with E-state index < -0.39 is 5.97 Å². The van der Waals surface area contributed by atoms with Gasteiger partial charge in [0.2, 0.25) is 0 Å². The maximum atomic E-state index is 12.9. The quantitative estimate of drug-likeness (QED) is 0.507. The predicted molar refractivity (Wildman–Crippen MR) is 93.9 cm³/mol. The third-order valence-corrected chi connectivity index (χ3v) is 4.36. The molecule has 4 heterocycles. The van der Waals surface area contributed by atoms with E-state index in [1.54, 1.807) is 34.8 Å².